The number of thiophene rings is 2. The quantitative estimate of drug-likeness (QED) is 0.130. The van der Waals surface area contributed by atoms with E-state index in [1.54, 1.807) is 0 Å². The third-order valence-corrected chi connectivity index (χ3v) is 24.3. The average molecular weight is 1500 g/mol. The lowest BCUT2D eigenvalue weighted by atomic mass is 9.93. The maximum atomic E-state index is 6.71. The van der Waals surface area contributed by atoms with E-state index in [1.165, 1.54) is 51.5 Å². The minimum absolute atomic E-state index is 0.591. The van der Waals surface area contributed by atoms with E-state index < -0.39 is 0 Å². The summed E-state index contributed by atoms with van der Waals surface area (Å²) in [6, 6.07) is 122. The van der Waals surface area contributed by atoms with Crippen molar-refractivity contribution in [2.24, 2.45) is 0 Å². The van der Waals surface area contributed by atoms with Crippen LogP contribution in [-0.2, 0) is 0 Å². The normalized spacial score (nSPS) is 11.9. The Labute approximate surface area is 658 Å². The molecule has 0 aliphatic heterocycles. The molecule has 0 saturated heterocycles. The number of nitrogens with zero attached hydrogens (tertiary/aromatic N) is 6. The number of fused-ring (bicyclic) bond motifs is 18. The molecule has 0 spiro atoms. The molecule has 0 aliphatic carbocycles. The van der Waals surface area contributed by atoms with Crippen molar-refractivity contribution < 1.29 is 17.7 Å². The number of benzene rings is 16. The van der Waals surface area contributed by atoms with Crippen molar-refractivity contribution in [3.8, 4) is 113 Å². The second kappa shape index (κ2) is 26.5. The predicted molar refractivity (Wildman–Crippen MR) is 469 cm³/mol. The maximum absolute atomic E-state index is 6.71. The molecule has 16 aromatic carbocycles. The van der Waals surface area contributed by atoms with E-state index in [0.29, 0.717) is 34.9 Å². The summed E-state index contributed by atoms with van der Waals surface area (Å²) in [5, 5.41) is 13.7. The van der Waals surface area contributed by atoms with Gasteiger partial charge in [0.1, 0.15) is 44.7 Å². The van der Waals surface area contributed by atoms with E-state index in [1.807, 2.05) is 156 Å². The molecule has 0 atom stereocenters. The van der Waals surface area contributed by atoms with Crippen molar-refractivity contribution in [2.45, 2.75) is 0 Å². The number of hydrogen-bond acceptors (Lipinski definition) is 12. The number of furan rings is 4. The van der Waals surface area contributed by atoms with Gasteiger partial charge in [-0.3, -0.25) is 0 Å². The SMILES string of the molecule is c1ccc(-c2nc(-c3ccc(-c4ccc(-c5ccc6sc7ccccc7c6c5)c5c4oc4ccccc45)cc3)nc(-c3ccc4oc5ccccc5c4c3)n2)cc1.c1ccc(-c2nc(-c3ccc(-c4ccc(-c5ccc6sc7ccccc7c6c5)c5c4oc4ccccc45)cc3)nc(-c3cccc4oc5ccccc5c34)n2)cc1. The first-order chi connectivity index (χ1) is 56.4. The van der Waals surface area contributed by atoms with Crippen LogP contribution in [0.5, 0.6) is 0 Å². The van der Waals surface area contributed by atoms with Gasteiger partial charge in [-0.15, -0.1) is 22.7 Å². The number of aromatic nitrogens is 6. The smallest absolute Gasteiger partial charge is 0.164 e. The van der Waals surface area contributed by atoms with Crippen molar-refractivity contribution in [1.82, 2.24) is 29.9 Å². The summed E-state index contributed by atoms with van der Waals surface area (Å²) >= 11 is 3.68. The van der Waals surface area contributed by atoms with Gasteiger partial charge in [-0.1, -0.05) is 255 Å². The van der Waals surface area contributed by atoms with Crippen LogP contribution in [0.25, 0.3) is 241 Å². The fourth-order valence-electron chi connectivity index (χ4n) is 16.5. The third-order valence-electron chi connectivity index (χ3n) is 21.9. The second-order valence-electron chi connectivity index (χ2n) is 28.6. The average Bonchev–Trinajstić information content (AvgIpc) is 1.69. The van der Waals surface area contributed by atoms with Gasteiger partial charge in [-0.05, 0) is 130 Å². The fraction of sp³-hybridized carbons (Fsp3) is 0. The first kappa shape index (κ1) is 65.1. The van der Waals surface area contributed by atoms with Gasteiger partial charge in [0.2, 0.25) is 0 Å². The molecular weight excluding hydrogens is 1440 g/mol. The van der Waals surface area contributed by atoms with Crippen molar-refractivity contribution in [3.05, 3.63) is 352 Å². The van der Waals surface area contributed by atoms with E-state index in [-0.39, 0.29) is 0 Å². The van der Waals surface area contributed by atoms with Crippen LogP contribution in [0.4, 0.5) is 0 Å². The highest BCUT2D eigenvalue weighted by Crippen LogP contribution is 2.48. The number of para-hydroxylation sites is 4. The molecule has 0 aliphatic rings. The summed E-state index contributed by atoms with van der Waals surface area (Å²) in [5.41, 5.74) is 21.0. The van der Waals surface area contributed by atoms with E-state index in [2.05, 4.69) is 218 Å². The zero-order valence-electron chi connectivity index (χ0n) is 60.6. The van der Waals surface area contributed by atoms with Crippen molar-refractivity contribution in [2.75, 3.05) is 0 Å². The third kappa shape index (κ3) is 11.0. The Balaban J connectivity index is 0.000000135. The van der Waals surface area contributed by atoms with Crippen LogP contribution in [0.3, 0.4) is 0 Å². The lowest BCUT2D eigenvalue weighted by molar-refractivity contribution is 0.668. The maximum Gasteiger partial charge on any atom is 0.164 e. The molecule has 114 heavy (non-hydrogen) atoms. The monoisotopic (exact) mass is 1490 g/mol. The first-order valence-electron chi connectivity index (χ1n) is 37.8. The standard InChI is InChI=1S/2C51H29N3O2S/c1-2-11-31(12-3-1)49-52-50(54-51(53-49)39-16-10-19-43-46(39)37-14-4-7-17-41(37)55-43)32-23-21-30(22-24-32)35-27-26-34(47-38-15-5-8-18-42(38)56-48(35)47)33-25-28-45-40(29-33)36-13-6-9-20-44(36)57-45;1-2-10-31(11-3-1)49-52-50(54-51(53-49)34-22-26-44-40(29-34)37-12-4-7-15-42(37)55-44)32-20-18-30(19-21-32)36-25-24-35(47-39-14-5-8-16-43(39)56-48(36)47)33-23-27-46-41(28-33)38-13-6-9-17-45(38)57-46/h2*1-29H. The fourth-order valence-corrected chi connectivity index (χ4v) is 18.7. The lowest BCUT2D eigenvalue weighted by Crippen LogP contribution is -2.00. The zero-order valence-corrected chi connectivity index (χ0v) is 62.3. The summed E-state index contributed by atoms with van der Waals surface area (Å²) < 4.78 is 30.9. The summed E-state index contributed by atoms with van der Waals surface area (Å²) in [6.45, 7) is 0. The summed E-state index contributed by atoms with van der Waals surface area (Å²) in [7, 11) is 0. The van der Waals surface area contributed by atoms with Crippen LogP contribution in [0, 0.1) is 0 Å². The molecule has 0 N–H and O–H groups in total. The van der Waals surface area contributed by atoms with Gasteiger partial charge in [0.25, 0.3) is 0 Å². The zero-order chi connectivity index (χ0) is 74.9. The van der Waals surface area contributed by atoms with E-state index in [9.17, 15) is 0 Å². The Morgan fingerprint density at radius 2 is 0.491 bits per heavy atom. The highest BCUT2D eigenvalue weighted by atomic mass is 32.1. The number of hydrogen-bond donors (Lipinski definition) is 0. The molecule has 24 aromatic rings. The second-order valence-corrected chi connectivity index (χ2v) is 30.8. The largest absolute Gasteiger partial charge is 0.456 e. The van der Waals surface area contributed by atoms with Crippen molar-refractivity contribution in [3.63, 3.8) is 0 Å². The Hall–Kier alpha value is -14.8. The van der Waals surface area contributed by atoms with Gasteiger partial charge < -0.3 is 17.7 Å². The number of rotatable bonds is 10. The van der Waals surface area contributed by atoms with E-state index >= 15 is 0 Å². The Kier molecular flexibility index (Phi) is 15.1. The molecule has 12 heteroatoms. The molecule has 8 heterocycles. The lowest BCUT2D eigenvalue weighted by Gasteiger charge is -2.11. The molecule has 0 bridgehead atoms. The predicted octanol–water partition coefficient (Wildman–Crippen LogP) is 28.7. The molecule has 0 amide bonds. The summed E-state index contributed by atoms with van der Waals surface area (Å²) in [5.74, 6) is 3.61. The Morgan fingerprint density at radius 1 is 0.167 bits per heavy atom. The molecule has 0 fully saturated rings. The molecule has 0 radical (unpaired) electrons. The summed E-state index contributed by atoms with van der Waals surface area (Å²) in [6.07, 6.45) is 0. The van der Waals surface area contributed by atoms with Gasteiger partial charge in [0, 0.05) is 128 Å². The van der Waals surface area contributed by atoms with Crippen LogP contribution in [0.2, 0.25) is 0 Å². The van der Waals surface area contributed by atoms with Gasteiger partial charge in [-0.2, -0.15) is 0 Å². The van der Waals surface area contributed by atoms with Gasteiger partial charge >= 0.3 is 0 Å². The highest BCUT2D eigenvalue weighted by Gasteiger charge is 2.24. The molecule has 0 saturated carbocycles. The van der Waals surface area contributed by atoms with Crippen molar-refractivity contribution in [1.29, 1.82) is 0 Å². The topological polar surface area (TPSA) is 130 Å². The molecular formula is C102H58N6O4S2. The molecule has 24 rings (SSSR count). The van der Waals surface area contributed by atoms with Crippen LogP contribution >= 0.6 is 22.7 Å². The minimum atomic E-state index is 0.591. The van der Waals surface area contributed by atoms with Gasteiger partial charge in [0.15, 0.2) is 34.9 Å². The molecule has 0 unspecified atom stereocenters. The van der Waals surface area contributed by atoms with E-state index in [0.717, 1.165) is 155 Å². The van der Waals surface area contributed by atoms with Crippen LogP contribution < -0.4 is 0 Å². The van der Waals surface area contributed by atoms with Crippen LogP contribution in [0.15, 0.2) is 370 Å². The van der Waals surface area contributed by atoms with Gasteiger partial charge in [0.05, 0.1) is 0 Å². The molecule has 532 valence electrons. The summed E-state index contributed by atoms with van der Waals surface area (Å²) in [4.78, 5) is 30.2. The van der Waals surface area contributed by atoms with Crippen LogP contribution in [0.1, 0.15) is 0 Å². The highest BCUT2D eigenvalue weighted by molar-refractivity contribution is 7.26. The van der Waals surface area contributed by atoms with Crippen LogP contribution in [-0.4, -0.2) is 29.9 Å². The van der Waals surface area contributed by atoms with Crippen molar-refractivity contribution >= 4 is 151 Å². The minimum Gasteiger partial charge on any atom is -0.456 e. The molecule has 8 aromatic heterocycles. The Bertz CT molecular complexity index is 7990. The Morgan fingerprint density at radius 3 is 0.991 bits per heavy atom. The first-order valence-corrected chi connectivity index (χ1v) is 39.5. The molecule has 10 nitrogen and oxygen atoms in total. The van der Waals surface area contributed by atoms with Gasteiger partial charge in [-0.25, -0.2) is 29.9 Å². The van der Waals surface area contributed by atoms with E-state index in [4.69, 9.17) is 47.6 Å².